The van der Waals surface area contributed by atoms with Gasteiger partial charge in [0.25, 0.3) is 5.91 Å². The van der Waals surface area contributed by atoms with Crippen molar-refractivity contribution in [3.63, 3.8) is 0 Å². The molecule has 1 aliphatic heterocycles. The number of pyridine rings is 2. The molecule has 1 aliphatic rings. The number of carbonyl (C=O) groups excluding carboxylic acids is 1. The lowest BCUT2D eigenvalue weighted by molar-refractivity contribution is 0.0946. The third-order valence-corrected chi connectivity index (χ3v) is 7.04. The fourth-order valence-corrected chi connectivity index (χ4v) is 4.94. The Morgan fingerprint density at radius 3 is 2.80 bits per heavy atom. The number of halogens is 2. The van der Waals surface area contributed by atoms with Crippen molar-refractivity contribution in [1.29, 1.82) is 0 Å². The van der Waals surface area contributed by atoms with Gasteiger partial charge in [-0.3, -0.25) is 14.8 Å². The summed E-state index contributed by atoms with van der Waals surface area (Å²) < 4.78 is 20.4. The monoisotopic (exact) mass is 561 g/mol. The first-order valence-corrected chi connectivity index (χ1v) is 13.2. The zero-order valence-corrected chi connectivity index (χ0v) is 22.9. The summed E-state index contributed by atoms with van der Waals surface area (Å²) in [5.74, 6) is -0.190. The second kappa shape index (κ2) is 11.9. The first-order chi connectivity index (χ1) is 19.3. The molecule has 1 amide bonds. The standard InChI is InChI=1S/C30H29ClFN5O3/c1-36(2)26(10-12-34-30(39)21-5-3-4-6-28(21)38)25-16-20(9-11-33-25)37-13-14-40-29-18-35-24(17-27(29)37)22-15-19(31)7-8-23(22)32/h3-9,11,15-18,26,38H,10,12-14H2,1-2H3,(H,34,39). The predicted octanol–water partition coefficient (Wildman–Crippen LogP) is 5.60. The minimum Gasteiger partial charge on any atom is -0.507 e. The molecular formula is C30H29ClFN5O3. The van der Waals surface area contributed by atoms with Gasteiger partial charge >= 0.3 is 0 Å². The van der Waals surface area contributed by atoms with Crippen molar-refractivity contribution in [3.8, 4) is 22.8 Å². The SMILES string of the molecule is CN(C)C(CCNC(=O)c1ccccc1O)c1cc(N2CCOc3cnc(-c4cc(Cl)ccc4F)cc32)ccn1. The van der Waals surface area contributed by atoms with Crippen molar-refractivity contribution in [1.82, 2.24) is 20.2 Å². The molecule has 2 N–H and O–H groups in total. The Bertz CT molecular complexity index is 1530. The molecular weight excluding hydrogens is 533 g/mol. The van der Waals surface area contributed by atoms with E-state index in [0.717, 1.165) is 17.1 Å². The maximum absolute atomic E-state index is 14.6. The molecule has 0 saturated carbocycles. The second-order valence-corrected chi connectivity index (χ2v) is 10.1. The highest BCUT2D eigenvalue weighted by atomic mass is 35.5. The maximum atomic E-state index is 14.6. The predicted molar refractivity (Wildman–Crippen MR) is 153 cm³/mol. The number of anilines is 2. The smallest absolute Gasteiger partial charge is 0.255 e. The van der Waals surface area contributed by atoms with Crippen LogP contribution in [0.25, 0.3) is 11.3 Å². The van der Waals surface area contributed by atoms with Crippen molar-refractivity contribution >= 4 is 28.9 Å². The van der Waals surface area contributed by atoms with Crippen LogP contribution in [0.3, 0.4) is 0 Å². The Morgan fingerprint density at radius 2 is 2.00 bits per heavy atom. The van der Waals surface area contributed by atoms with Gasteiger partial charge in [-0.05, 0) is 69.0 Å². The number of fused-ring (bicyclic) bond motifs is 1. The van der Waals surface area contributed by atoms with E-state index >= 15 is 0 Å². The van der Waals surface area contributed by atoms with E-state index in [0.29, 0.717) is 48.1 Å². The average Bonchev–Trinajstić information content (AvgIpc) is 2.96. The van der Waals surface area contributed by atoms with Gasteiger partial charge in [-0.1, -0.05) is 23.7 Å². The normalized spacial score (nSPS) is 13.5. The first kappa shape index (κ1) is 27.4. The third-order valence-electron chi connectivity index (χ3n) is 6.81. The molecule has 3 heterocycles. The van der Waals surface area contributed by atoms with Gasteiger partial charge in [0.15, 0.2) is 5.75 Å². The number of hydrogen-bond donors (Lipinski definition) is 2. The zero-order valence-electron chi connectivity index (χ0n) is 22.1. The molecule has 206 valence electrons. The molecule has 0 saturated heterocycles. The number of hydrogen-bond acceptors (Lipinski definition) is 7. The van der Waals surface area contributed by atoms with Gasteiger partial charge in [-0.2, -0.15) is 0 Å². The second-order valence-electron chi connectivity index (χ2n) is 9.64. The molecule has 0 radical (unpaired) electrons. The molecule has 1 atom stereocenters. The van der Waals surface area contributed by atoms with Gasteiger partial charge < -0.3 is 25.0 Å². The topological polar surface area (TPSA) is 90.8 Å². The summed E-state index contributed by atoms with van der Waals surface area (Å²) in [6, 6.07) is 16.5. The lowest BCUT2D eigenvalue weighted by atomic mass is 10.1. The minimum atomic E-state index is -0.408. The molecule has 10 heteroatoms. The highest BCUT2D eigenvalue weighted by molar-refractivity contribution is 6.30. The Morgan fingerprint density at radius 1 is 1.18 bits per heavy atom. The number of nitrogens with zero attached hydrogens (tertiary/aromatic N) is 4. The number of benzene rings is 2. The van der Waals surface area contributed by atoms with Gasteiger partial charge in [0.1, 0.15) is 18.2 Å². The van der Waals surface area contributed by atoms with Crippen LogP contribution in [0.15, 0.2) is 73.1 Å². The molecule has 0 aliphatic carbocycles. The van der Waals surface area contributed by atoms with E-state index in [1.54, 1.807) is 42.7 Å². The van der Waals surface area contributed by atoms with Gasteiger partial charge in [-0.15, -0.1) is 0 Å². The van der Waals surface area contributed by atoms with Crippen LogP contribution in [0.4, 0.5) is 15.8 Å². The number of phenols is 1. The Balaban J connectivity index is 1.38. The van der Waals surface area contributed by atoms with E-state index in [4.69, 9.17) is 16.3 Å². The fraction of sp³-hybridized carbons (Fsp3) is 0.233. The number of carbonyl (C=O) groups is 1. The Labute approximate surface area is 237 Å². The summed E-state index contributed by atoms with van der Waals surface area (Å²) in [5, 5.41) is 13.3. The molecule has 40 heavy (non-hydrogen) atoms. The first-order valence-electron chi connectivity index (χ1n) is 12.9. The lowest BCUT2D eigenvalue weighted by Gasteiger charge is -2.32. The average molecular weight is 562 g/mol. The number of rotatable bonds is 8. The van der Waals surface area contributed by atoms with Crippen molar-refractivity contribution < 1.29 is 19.0 Å². The number of para-hydroxylation sites is 1. The van der Waals surface area contributed by atoms with Crippen molar-refractivity contribution in [2.24, 2.45) is 0 Å². The van der Waals surface area contributed by atoms with E-state index in [-0.39, 0.29) is 23.3 Å². The lowest BCUT2D eigenvalue weighted by Crippen LogP contribution is -2.30. The van der Waals surface area contributed by atoms with Crippen molar-refractivity contribution in [2.45, 2.75) is 12.5 Å². The summed E-state index contributed by atoms with van der Waals surface area (Å²) in [7, 11) is 3.93. The van der Waals surface area contributed by atoms with E-state index < -0.39 is 5.82 Å². The van der Waals surface area contributed by atoms with Gasteiger partial charge in [-0.25, -0.2) is 4.39 Å². The molecule has 5 rings (SSSR count). The van der Waals surface area contributed by atoms with Crippen LogP contribution in [0.1, 0.15) is 28.5 Å². The van der Waals surface area contributed by atoms with E-state index in [2.05, 4.69) is 25.1 Å². The molecule has 1 unspecified atom stereocenters. The van der Waals surface area contributed by atoms with E-state index in [1.807, 2.05) is 26.2 Å². The third kappa shape index (κ3) is 5.85. The van der Waals surface area contributed by atoms with Crippen LogP contribution < -0.4 is 15.0 Å². The molecule has 8 nitrogen and oxygen atoms in total. The van der Waals surface area contributed by atoms with Crippen molar-refractivity contribution in [2.75, 3.05) is 38.7 Å². The summed E-state index contributed by atoms with van der Waals surface area (Å²) >= 11 is 6.12. The van der Waals surface area contributed by atoms with Crippen molar-refractivity contribution in [3.05, 3.63) is 95.2 Å². The van der Waals surface area contributed by atoms with E-state index in [1.165, 1.54) is 18.2 Å². The highest BCUT2D eigenvalue weighted by Gasteiger charge is 2.24. The fourth-order valence-electron chi connectivity index (χ4n) is 4.77. The number of phenolic OH excluding ortho intramolecular Hbond substituents is 1. The molecule has 0 fully saturated rings. The van der Waals surface area contributed by atoms with E-state index in [9.17, 15) is 14.3 Å². The summed E-state index contributed by atoms with van der Waals surface area (Å²) in [5.41, 5.74) is 3.51. The molecule has 2 aromatic carbocycles. The summed E-state index contributed by atoms with van der Waals surface area (Å²) in [6.45, 7) is 1.44. The maximum Gasteiger partial charge on any atom is 0.255 e. The quantitative estimate of drug-likeness (QED) is 0.289. The van der Waals surface area contributed by atoms with Gasteiger partial charge in [0.2, 0.25) is 0 Å². The number of aromatic hydroxyl groups is 1. The molecule has 0 spiro atoms. The summed E-state index contributed by atoms with van der Waals surface area (Å²) in [6.07, 6.45) is 3.97. The number of aromatic nitrogens is 2. The molecule has 2 aromatic heterocycles. The zero-order chi connectivity index (χ0) is 28.2. The van der Waals surface area contributed by atoms with Crippen LogP contribution in [0.5, 0.6) is 11.5 Å². The van der Waals surface area contributed by atoms with Crippen LogP contribution in [0.2, 0.25) is 5.02 Å². The van der Waals surface area contributed by atoms with Crippen LogP contribution >= 0.6 is 11.6 Å². The Hall–Kier alpha value is -4.21. The van der Waals surface area contributed by atoms with Gasteiger partial charge in [0.05, 0.1) is 41.4 Å². The Kier molecular flexibility index (Phi) is 8.14. The van der Waals surface area contributed by atoms with Crippen LogP contribution in [-0.2, 0) is 0 Å². The highest BCUT2D eigenvalue weighted by Crippen LogP contribution is 2.39. The number of ether oxygens (including phenoxy) is 1. The largest absolute Gasteiger partial charge is 0.507 e. The van der Waals surface area contributed by atoms with Gasteiger partial charge in [0, 0.05) is 29.0 Å². The van der Waals surface area contributed by atoms with Crippen LogP contribution in [-0.4, -0.2) is 59.7 Å². The summed E-state index contributed by atoms with van der Waals surface area (Å²) in [4.78, 5) is 25.8. The molecule has 4 aromatic rings. The number of nitrogens with one attached hydrogen (secondary N) is 1. The minimum absolute atomic E-state index is 0.0548. The molecule has 0 bridgehead atoms. The van der Waals surface area contributed by atoms with Crippen LogP contribution in [0, 0.1) is 5.82 Å². The number of amides is 1.